The van der Waals surface area contributed by atoms with E-state index in [1.54, 1.807) is 24.3 Å². The third kappa shape index (κ3) is 5.66. The lowest BCUT2D eigenvalue weighted by Gasteiger charge is -2.09. The van der Waals surface area contributed by atoms with Crippen LogP contribution in [0, 0.1) is 18.6 Å². The maximum atomic E-state index is 14.3. The summed E-state index contributed by atoms with van der Waals surface area (Å²) in [5.41, 5.74) is 3.00. The molecule has 0 bridgehead atoms. The first-order chi connectivity index (χ1) is 13.0. The summed E-state index contributed by atoms with van der Waals surface area (Å²) in [5, 5.41) is 2.73. The summed E-state index contributed by atoms with van der Waals surface area (Å²) in [6, 6.07) is 18.5. The highest BCUT2D eigenvalue weighted by molar-refractivity contribution is 7.98. The highest BCUT2D eigenvalue weighted by atomic mass is 32.2. The SMILES string of the molecule is Cc1ccc(CC(=O)Nc2ccc(CSc3ccc(F)cc3)c(F)c2)cc1. The molecule has 0 saturated carbocycles. The van der Waals surface area contributed by atoms with Gasteiger partial charge in [-0.05, 0) is 54.4 Å². The summed E-state index contributed by atoms with van der Waals surface area (Å²) in [5.74, 6) is -0.435. The number of hydrogen-bond acceptors (Lipinski definition) is 2. The van der Waals surface area contributed by atoms with Gasteiger partial charge in [0, 0.05) is 16.3 Å². The van der Waals surface area contributed by atoms with Crippen LogP contribution in [0.5, 0.6) is 0 Å². The molecule has 3 aromatic rings. The zero-order valence-electron chi connectivity index (χ0n) is 14.8. The minimum atomic E-state index is -0.377. The van der Waals surface area contributed by atoms with E-state index >= 15 is 0 Å². The van der Waals surface area contributed by atoms with Crippen LogP contribution < -0.4 is 5.32 Å². The Balaban J connectivity index is 1.57. The summed E-state index contributed by atoms with van der Waals surface area (Å²) >= 11 is 1.43. The third-order valence-electron chi connectivity index (χ3n) is 4.03. The van der Waals surface area contributed by atoms with Gasteiger partial charge < -0.3 is 5.32 Å². The number of carbonyl (C=O) groups excluding carboxylic acids is 1. The van der Waals surface area contributed by atoms with Gasteiger partial charge in [-0.2, -0.15) is 0 Å². The Morgan fingerprint density at radius 3 is 2.33 bits per heavy atom. The molecule has 3 aromatic carbocycles. The average molecular weight is 383 g/mol. The van der Waals surface area contributed by atoms with Crippen LogP contribution in [0.3, 0.4) is 0 Å². The fourth-order valence-corrected chi connectivity index (χ4v) is 3.42. The van der Waals surface area contributed by atoms with Gasteiger partial charge in [-0.3, -0.25) is 4.79 Å². The summed E-state index contributed by atoms with van der Waals surface area (Å²) in [6.07, 6.45) is 0.240. The first kappa shape index (κ1) is 19.1. The summed E-state index contributed by atoms with van der Waals surface area (Å²) in [6.45, 7) is 1.99. The van der Waals surface area contributed by atoms with E-state index in [4.69, 9.17) is 0 Å². The van der Waals surface area contributed by atoms with Crippen LogP contribution in [0.2, 0.25) is 0 Å². The van der Waals surface area contributed by atoms with Gasteiger partial charge in [0.1, 0.15) is 11.6 Å². The molecule has 0 aromatic heterocycles. The maximum Gasteiger partial charge on any atom is 0.228 e. The number of thioether (sulfide) groups is 1. The van der Waals surface area contributed by atoms with E-state index in [2.05, 4.69) is 5.32 Å². The molecule has 0 spiro atoms. The van der Waals surface area contributed by atoms with E-state index in [0.717, 1.165) is 16.0 Å². The van der Waals surface area contributed by atoms with Crippen LogP contribution in [-0.2, 0) is 17.0 Å². The number of nitrogens with one attached hydrogen (secondary N) is 1. The van der Waals surface area contributed by atoms with Crippen molar-refractivity contribution in [1.82, 2.24) is 0 Å². The molecule has 0 fully saturated rings. The van der Waals surface area contributed by atoms with Crippen LogP contribution in [0.25, 0.3) is 0 Å². The van der Waals surface area contributed by atoms with E-state index in [-0.39, 0.29) is 24.0 Å². The molecule has 0 saturated heterocycles. The lowest BCUT2D eigenvalue weighted by molar-refractivity contribution is -0.115. The first-order valence-corrected chi connectivity index (χ1v) is 9.50. The molecule has 1 N–H and O–H groups in total. The molecule has 0 atom stereocenters. The third-order valence-corrected chi connectivity index (χ3v) is 5.09. The number of carbonyl (C=O) groups is 1. The monoisotopic (exact) mass is 383 g/mol. The minimum absolute atomic E-state index is 0.188. The van der Waals surface area contributed by atoms with Gasteiger partial charge in [-0.1, -0.05) is 35.9 Å². The first-order valence-electron chi connectivity index (χ1n) is 8.52. The molecule has 3 rings (SSSR count). The molecule has 27 heavy (non-hydrogen) atoms. The molecule has 0 radical (unpaired) electrons. The zero-order chi connectivity index (χ0) is 19.2. The van der Waals surface area contributed by atoms with Gasteiger partial charge in [0.25, 0.3) is 0 Å². The van der Waals surface area contributed by atoms with Crippen LogP contribution in [0.15, 0.2) is 71.6 Å². The van der Waals surface area contributed by atoms with Crippen LogP contribution in [0.1, 0.15) is 16.7 Å². The Morgan fingerprint density at radius 1 is 0.963 bits per heavy atom. The minimum Gasteiger partial charge on any atom is -0.326 e. The zero-order valence-corrected chi connectivity index (χ0v) is 15.7. The Kier molecular flexibility index (Phi) is 6.24. The topological polar surface area (TPSA) is 29.1 Å². The second-order valence-electron chi connectivity index (χ2n) is 6.26. The standard InChI is InChI=1S/C22H19F2NOS/c1-15-2-4-16(5-3-15)12-22(26)25-19-9-6-17(21(24)13-19)14-27-20-10-7-18(23)8-11-20/h2-11,13H,12,14H2,1H3,(H,25,26). The number of amides is 1. The number of anilines is 1. The Labute approximate surface area is 161 Å². The van der Waals surface area contributed by atoms with E-state index < -0.39 is 0 Å². The van der Waals surface area contributed by atoms with Gasteiger partial charge in [0.15, 0.2) is 0 Å². The molecule has 5 heteroatoms. The summed E-state index contributed by atoms with van der Waals surface area (Å²) < 4.78 is 27.2. The highest BCUT2D eigenvalue weighted by Gasteiger charge is 2.08. The lowest BCUT2D eigenvalue weighted by Crippen LogP contribution is -2.14. The number of rotatable bonds is 6. The molecular formula is C22H19F2NOS. The Hall–Kier alpha value is -2.66. The molecule has 0 aliphatic rings. The summed E-state index contributed by atoms with van der Waals surface area (Å²) in [4.78, 5) is 13.0. The van der Waals surface area contributed by atoms with Gasteiger partial charge in [0.05, 0.1) is 6.42 Å². The van der Waals surface area contributed by atoms with Crippen molar-refractivity contribution in [2.45, 2.75) is 24.0 Å². The highest BCUT2D eigenvalue weighted by Crippen LogP contribution is 2.25. The lowest BCUT2D eigenvalue weighted by atomic mass is 10.1. The molecule has 0 unspecified atom stereocenters. The van der Waals surface area contributed by atoms with Crippen LogP contribution >= 0.6 is 11.8 Å². The Morgan fingerprint density at radius 2 is 1.67 bits per heavy atom. The fraction of sp³-hybridized carbons (Fsp3) is 0.136. The van der Waals surface area contributed by atoms with Gasteiger partial charge in [0.2, 0.25) is 5.91 Å². The van der Waals surface area contributed by atoms with Crippen molar-refractivity contribution in [2.75, 3.05) is 5.32 Å². The van der Waals surface area contributed by atoms with E-state index in [0.29, 0.717) is 17.0 Å². The quantitative estimate of drug-likeness (QED) is 0.550. The number of aryl methyl sites for hydroxylation is 1. The van der Waals surface area contributed by atoms with Crippen molar-refractivity contribution in [3.8, 4) is 0 Å². The van der Waals surface area contributed by atoms with E-state index in [9.17, 15) is 13.6 Å². The average Bonchev–Trinajstić information content (AvgIpc) is 2.64. The molecular weight excluding hydrogens is 364 g/mol. The van der Waals surface area contributed by atoms with Gasteiger partial charge >= 0.3 is 0 Å². The van der Waals surface area contributed by atoms with Crippen LogP contribution in [-0.4, -0.2) is 5.91 Å². The Bertz CT molecular complexity index is 924. The predicted octanol–water partition coefficient (Wildman–Crippen LogP) is 5.75. The second kappa shape index (κ2) is 8.82. The van der Waals surface area contributed by atoms with Crippen molar-refractivity contribution in [3.05, 3.63) is 95.1 Å². The second-order valence-corrected chi connectivity index (χ2v) is 7.31. The molecule has 1 amide bonds. The normalized spacial score (nSPS) is 10.6. The van der Waals surface area contributed by atoms with Crippen molar-refractivity contribution in [1.29, 1.82) is 0 Å². The number of hydrogen-bond donors (Lipinski definition) is 1. The largest absolute Gasteiger partial charge is 0.326 e. The molecule has 0 aliphatic carbocycles. The number of benzene rings is 3. The predicted molar refractivity (Wildman–Crippen MR) is 106 cm³/mol. The molecule has 138 valence electrons. The molecule has 2 nitrogen and oxygen atoms in total. The smallest absolute Gasteiger partial charge is 0.228 e. The van der Waals surface area contributed by atoms with E-state index in [1.165, 1.54) is 30.0 Å². The van der Waals surface area contributed by atoms with Gasteiger partial charge in [-0.25, -0.2) is 8.78 Å². The molecule has 0 heterocycles. The van der Waals surface area contributed by atoms with Crippen molar-refractivity contribution < 1.29 is 13.6 Å². The number of halogens is 2. The van der Waals surface area contributed by atoms with Crippen molar-refractivity contribution in [2.24, 2.45) is 0 Å². The molecule has 0 aliphatic heterocycles. The van der Waals surface area contributed by atoms with Crippen molar-refractivity contribution >= 4 is 23.4 Å². The fourth-order valence-electron chi connectivity index (χ4n) is 2.53. The van der Waals surface area contributed by atoms with Gasteiger partial charge in [-0.15, -0.1) is 11.8 Å². The maximum absolute atomic E-state index is 14.3. The van der Waals surface area contributed by atoms with Crippen LogP contribution in [0.4, 0.5) is 14.5 Å². The summed E-state index contributed by atoms with van der Waals surface area (Å²) in [7, 11) is 0. The van der Waals surface area contributed by atoms with Crippen molar-refractivity contribution in [3.63, 3.8) is 0 Å². The van der Waals surface area contributed by atoms with E-state index in [1.807, 2.05) is 31.2 Å².